The molecule has 8 heteroatoms. The van der Waals surface area contributed by atoms with Crippen molar-refractivity contribution in [2.45, 2.75) is 32.6 Å². The van der Waals surface area contributed by atoms with E-state index < -0.39 is 0 Å². The van der Waals surface area contributed by atoms with E-state index in [1.807, 2.05) is 6.07 Å². The molecule has 0 aromatic carbocycles. The molecule has 3 heterocycles. The summed E-state index contributed by atoms with van der Waals surface area (Å²) in [5, 5.41) is 14.7. The van der Waals surface area contributed by atoms with Crippen molar-refractivity contribution in [2.75, 3.05) is 37.6 Å². The number of rotatable bonds is 4. The number of carbonyl (C=O) groups excluding carboxylic acids is 1. The van der Waals surface area contributed by atoms with Crippen LogP contribution in [-0.2, 0) is 0 Å². The van der Waals surface area contributed by atoms with Gasteiger partial charge in [-0.3, -0.25) is 4.79 Å². The Balaban J connectivity index is 0.00000144. The summed E-state index contributed by atoms with van der Waals surface area (Å²) in [5.74, 6) is 0.750. The van der Waals surface area contributed by atoms with Crippen LogP contribution in [0.1, 0.15) is 43.1 Å². The molecule has 0 spiro atoms. The van der Waals surface area contributed by atoms with Crippen LogP contribution in [0.15, 0.2) is 12.1 Å². The molecule has 0 unspecified atom stereocenters. The van der Waals surface area contributed by atoms with Crippen molar-refractivity contribution in [3.63, 3.8) is 0 Å². The molecule has 2 N–H and O–H groups in total. The number of hydrogen-bond acceptors (Lipinski definition) is 5. The maximum absolute atomic E-state index is 12.2. The summed E-state index contributed by atoms with van der Waals surface area (Å²) in [4.78, 5) is 14.4. The molecule has 0 atom stereocenters. The number of nitrogens with zero attached hydrogens (tertiary/aromatic N) is 3. The SMILES string of the molecule is CC1(CNC(=O)c2ccc(N3CCCC3)nn2)CCNCC1.Cl.Cl. The Morgan fingerprint density at radius 1 is 1.21 bits per heavy atom. The Bertz CT molecular complexity index is 514. The first-order valence-corrected chi connectivity index (χ1v) is 8.24. The van der Waals surface area contributed by atoms with E-state index in [4.69, 9.17) is 0 Å². The Hall–Kier alpha value is -1.11. The van der Waals surface area contributed by atoms with Crippen LogP contribution in [-0.4, -0.2) is 48.8 Å². The van der Waals surface area contributed by atoms with Gasteiger partial charge in [-0.15, -0.1) is 35.0 Å². The fraction of sp³-hybridized carbons (Fsp3) is 0.688. The van der Waals surface area contributed by atoms with Gasteiger partial charge in [0.15, 0.2) is 11.5 Å². The molecule has 6 nitrogen and oxygen atoms in total. The third-order valence-corrected chi connectivity index (χ3v) is 4.80. The van der Waals surface area contributed by atoms with Crippen LogP contribution in [0.25, 0.3) is 0 Å². The molecule has 2 fully saturated rings. The number of aromatic nitrogens is 2. The van der Waals surface area contributed by atoms with E-state index in [2.05, 4.69) is 32.7 Å². The number of halogens is 2. The molecule has 1 aromatic rings. The molecule has 0 radical (unpaired) electrons. The Morgan fingerprint density at radius 3 is 2.46 bits per heavy atom. The second kappa shape index (κ2) is 9.39. The van der Waals surface area contributed by atoms with Crippen molar-refractivity contribution in [3.05, 3.63) is 17.8 Å². The van der Waals surface area contributed by atoms with E-state index in [1.54, 1.807) is 6.07 Å². The maximum atomic E-state index is 12.2. The summed E-state index contributed by atoms with van der Waals surface area (Å²) in [6.45, 7) is 7.05. The van der Waals surface area contributed by atoms with Gasteiger partial charge in [-0.05, 0) is 56.3 Å². The fourth-order valence-corrected chi connectivity index (χ4v) is 3.15. The van der Waals surface area contributed by atoms with Crippen LogP contribution in [0.2, 0.25) is 0 Å². The number of amides is 1. The number of nitrogens with one attached hydrogen (secondary N) is 2. The molecular weight excluding hydrogens is 349 g/mol. The summed E-state index contributed by atoms with van der Waals surface area (Å²) < 4.78 is 0. The highest BCUT2D eigenvalue weighted by atomic mass is 35.5. The van der Waals surface area contributed by atoms with Crippen molar-refractivity contribution >= 4 is 36.5 Å². The average Bonchev–Trinajstić information content (AvgIpc) is 3.08. The monoisotopic (exact) mass is 375 g/mol. The zero-order chi connectivity index (χ0) is 15.4. The molecule has 0 saturated carbocycles. The standard InChI is InChI=1S/C16H25N5O.2ClH/c1-16(6-8-17-9-7-16)12-18-15(22)13-4-5-14(20-19-13)21-10-2-3-11-21;;/h4-5,17H,2-3,6-12H2,1H3,(H,18,22);2*1H. The minimum atomic E-state index is -0.125. The molecule has 3 rings (SSSR count). The van der Waals surface area contributed by atoms with E-state index >= 15 is 0 Å². The quantitative estimate of drug-likeness (QED) is 0.842. The summed E-state index contributed by atoms with van der Waals surface area (Å²) >= 11 is 0. The Kier molecular flexibility index (Phi) is 8.19. The van der Waals surface area contributed by atoms with Crippen molar-refractivity contribution < 1.29 is 4.79 Å². The van der Waals surface area contributed by atoms with Crippen LogP contribution in [0.5, 0.6) is 0 Å². The molecule has 2 aliphatic heterocycles. The largest absolute Gasteiger partial charge is 0.355 e. The molecule has 1 aromatic heterocycles. The van der Waals surface area contributed by atoms with E-state index in [0.29, 0.717) is 12.2 Å². The van der Waals surface area contributed by atoms with Gasteiger partial charge in [0.05, 0.1) is 0 Å². The zero-order valence-electron chi connectivity index (χ0n) is 14.1. The highest BCUT2D eigenvalue weighted by molar-refractivity contribution is 5.92. The van der Waals surface area contributed by atoms with Gasteiger partial charge in [0, 0.05) is 19.6 Å². The molecular formula is C16H27Cl2N5O. The van der Waals surface area contributed by atoms with Crippen LogP contribution in [0.4, 0.5) is 5.82 Å². The van der Waals surface area contributed by atoms with E-state index in [9.17, 15) is 4.79 Å². The second-order valence-corrected chi connectivity index (χ2v) is 6.71. The first-order chi connectivity index (χ1) is 10.7. The van der Waals surface area contributed by atoms with Gasteiger partial charge in [-0.1, -0.05) is 6.92 Å². The predicted molar refractivity (Wildman–Crippen MR) is 101 cm³/mol. The normalized spacial score (nSPS) is 19.1. The minimum Gasteiger partial charge on any atom is -0.355 e. The van der Waals surface area contributed by atoms with Crippen molar-refractivity contribution in [1.82, 2.24) is 20.8 Å². The molecule has 0 aliphatic carbocycles. The first-order valence-electron chi connectivity index (χ1n) is 8.24. The fourth-order valence-electron chi connectivity index (χ4n) is 3.15. The third-order valence-electron chi connectivity index (χ3n) is 4.80. The molecule has 136 valence electrons. The summed E-state index contributed by atoms with van der Waals surface area (Å²) in [6, 6.07) is 3.68. The number of anilines is 1. The van der Waals surface area contributed by atoms with Gasteiger partial charge < -0.3 is 15.5 Å². The minimum absolute atomic E-state index is 0. The van der Waals surface area contributed by atoms with Crippen LogP contribution in [0, 0.1) is 5.41 Å². The topological polar surface area (TPSA) is 70.2 Å². The summed E-state index contributed by atoms with van der Waals surface area (Å²) in [6.07, 6.45) is 4.59. The smallest absolute Gasteiger partial charge is 0.271 e. The lowest BCUT2D eigenvalue weighted by atomic mass is 9.81. The summed E-state index contributed by atoms with van der Waals surface area (Å²) in [5.41, 5.74) is 0.588. The molecule has 2 aliphatic rings. The van der Waals surface area contributed by atoms with E-state index in [0.717, 1.165) is 44.8 Å². The van der Waals surface area contributed by atoms with Gasteiger partial charge in [0.1, 0.15) is 0 Å². The molecule has 24 heavy (non-hydrogen) atoms. The Morgan fingerprint density at radius 2 is 1.88 bits per heavy atom. The van der Waals surface area contributed by atoms with Gasteiger partial charge in [0.25, 0.3) is 5.91 Å². The van der Waals surface area contributed by atoms with Gasteiger partial charge in [-0.25, -0.2) is 0 Å². The molecule has 1 amide bonds. The van der Waals surface area contributed by atoms with Gasteiger partial charge >= 0.3 is 0 Å². The van der Waals surface area contributed by atoms with Gasteiger partial charge in [-0.2, -0.15) is 0 Å². The van der Waals surface area contributed by atoms with Crippen LogP contribution < -0.4 is 15.5 Å². The Labute approximate surface area is 156 Å². The molecule has 0 bridgehead atoms. The predicted octanol–water partition coefficient (Wildman–Crippen LogP) is 2.04. The zero-order valence-corrected chi connectivity index (χ0v) is 15.7. The van der Waals surface area contributed by atoms with E-state index in [1.165, 1.54) is 12.8 Å². The first kappa shape index (κ1) is 20.9. The highest BCUT2D eigenvalue weighted by Crippen LogP contribution is 2.26. The van der Waals surface area contributed by atoms with Crippen molar-refractivity contribution in [2.24, 2.45) is 5.41 Å². The van der Waals surface area contributed by atoms with Crippen molar-refractivity contribution in [1.29, 1.82) is 0 Å². The summed E-state index contributed by atoms with van der Waals surface area (Å²) in [7, 11) is 0. The number of hydrogen-bond donors (Lipinski definition) is 2. The second-order valence-electron chi connectivity index (χ2n) is 6.71. The van der Waals surface area contributed by atoms with Crippen molar-refractivity contribution in [3.8, 4) is 0 Å². The van der Waals surface area contributed by atoms with Gasteiger partial charge in [0.2, 0.25) is 0 Å². The van der Waals surface area contributed by atoms with Crippen LogP contribution in [0.3, 0.4) is 0 Å². The molecule has 2 saturated heterocycles. The van der Waals surface area contributed by atoms with Crippen LogP contribution >= 0.6 is 24.8 Å². The van der Waals surface area contributed by atoms with E-state index in [-0.39, 0.29) is 36.1 Å². The lowest BCUT2D eigenvalue weighted by molar-refractivity contribution is 0.0916. The number of piperidine rings is 1. The lowest BCUT2D eigenvalue weighted by Crippen LogP contribution is -2.43. The number of carbonyl (C=O) groups is 1. The average molecular weight is 376 g/mol. The maximum Gasteiger partial charge on any atom is 0.271 e. The third kappa shape index (κ3) is 5.19. The highest BCUT2D eigenvalue weighted by Gasteiger charge is 2.27. The lowest BCUT2D eigenvalue weighted by Gasteiger charge is -2.34.